The molecule has 0 bridgehead atoms. The fourth-order valence-corrected chi connectivity index (χ4v) is 5.05. The summed E-state index contributed by atoms with van der Waals surface area (Å²) >= 11 is 1.59. The van der Waals surface area contributed by atoms with Crippen LogP contribution in [-0.2, 0) is 12.8 Å². The van der Waals surface area contributed by atoms with Crippen LogP contribution in [0.5, 0.6) is 0 Å². The SMILES string of the molecule is CC(C(=O)c1cnn2ccncc12)C1CCCc2c(C(N)=O)csc2C1. The summed E-state index contributed by atoms with van der Waals surface area (Å²) in [6.07, 6.45) is 10.3. The molecule has 3 aromatic heterocycles. The molecule has 0 aliphatic heterocycles. The van der Waals surface area contributed by atoms with E-state index >= 15 is 0 Å². The Bertz CT molecular complexity index is 991. The van der Waals surface area contributed by atoms with E-state index in [1.807, 2.05) is 12.3 Å². The molecule has 2 atom stereocenters. The van der Waals surface area contributed by atoms with Gasteiger partial charge < -0.3 is 5.73 Å². The molecule has 7 heteroatoms. The summed E-state index contributed by atoms with van der Waals surface area (Å²) in [4.78, 5) is 30.0. The van der Waals surface area contributed by atoms with Crippen molar-refractivity contribution in [3.63, 3.8) is 0 Å². The topological polar surface area (TPSA) is 90.3 Å². The molecule has 1 aliphatic carbocycles. The van der Waals surface area contributed by atoms with Crippen molar-refractivity contribution >= 4 is 28.5 Å². The van der Waals surface area contributed by atoms with Gasteiger partial charge in [-0.15, -0.1) is 11.3 Å². The van der Waals surface area contributed by atoms with Crippen LogP contribution in [0.2, 0.25) is 0 Å². The Morgan fingerprint density at radius 1 is 1.35 bits per heavy atom. The van der Waals surface area contributed by atoms with E-state index in [1.165, 1.54) is 4.88 Å². The lowest BCUT2D eigenvalue weighted by Crippen LogP contribution is -2.22. The van der Waals surface area contributed by atoms with Crippen LogP contribution in [0.15, 0.2) is 30.2 Å². The normalized spacial score (nSPS) is 18.3. The molecule has 0 spiro atoms. The van der Waals surface area contributed by atoms with Gasteiger partial charge in [-0.25, -0.2) is 4.52 Å². The van der Waals surface area contributed by atoms with Gasteiger partial charge >= 0.3 is 0 Å². The minimum Gasteiger partial charge on any atom is -0.366 e. The lowest BCUT2D eigenvalue weighted by atomic mass is 9.83. The number of nitrogens with zero attached hydrogens (tertiary/aromatic N) is 3. The van der Waals surface area contributed by atoms with E-state index in [2.05, 4.69) is 10.1 Å². The number of aromatic nitrogens is 3. The van der Waals surface area contributed by atoms with Crippen LogP contribution in [0.25, 0.3) is 5.52 Å². The van der Waals surface area contributed by atoms with Crippen molar-refractivity contribution in [1.82, 2.24) is 14.6 Å². The predicted molar refractivity (Wildman–Crippen MR) is 99.5 cm³/mol. The minimum atomic E-state index is -0.357. The molecule has 1 amide bonds. The lowest BCUT2D eigenvalue weighted by molar-refractivity contribution is 0.0883. The highest BCUT2D eigenvalue weighted by Crippen LogP contribution is 2.35. The third-order valence-corrected chi connectivity index (χ3v) is 6.46. The van der Waals surface area contributed by atoms with Crippen LogP contribution in [-0.4, -0.2) is 26.3 Å². The number of hydrogen-bond acceptors (Lipinski definition) is 5. The molecule has 4 rings (SSSR count). The van der Waals surface area contributed by atoms with Gasteiger partial charge in [0.05, 0.1) is 29.0 Å². The molecule has 3 heterocycles. The summed E-state index contributed by atoms with van der Waals surface area (Å²) < 4.78 is 1.68. The minimum absolute atomic E-state index is 0.105. The molecule has 6 nitrogen and oxygen atoms in total. The van der Waals surface area contributed by atoms with Crippen LogP contribution >= 0.6 is 11.3 Å². The number of amides is 1. The Labute approximate surface area is 155 Å². The van der Waals surface area contributed by atoms with Gasteiger partial charge in [0.2, 0.25) is 5.91 Å². The molecular formula is C19H20N4O2S. The first-order valence-electron chi connectivity index (χ1n) is 8.77. The molecule has 2 unspecified atom stereocenters. The van der Waals surface area contributed by atoms with Gasteiger partial charge in [0, 0.05) is 28.6 Å². The van der Waals surface area contributed by atoms with Crippen LogP contribution in [0.4, 0.5) is 0 Å². The van der Waals surface area contributed by atoms with Gasteiger partial charge in [0.1, 0.15) is 0 Å². The fraction of sp³-hybridized carbons (Fsp3) is 0.368. The van der Waals surface area contributed by atoms with Gasteiger partial charge in [-0.1, -0.05) is 6.92 Å². The fourth-order valence-electron chi connectivity index (χ4n) is 3.87. The summed E-state index contributed by atoms with van der Waals surface area (Å²) in [5.41, 5.74) is 8.60. The number of rotatable bonds is 4. The molecule has 134 valence electrons. The number of hydrogen-bond donors (Lipinski definition) is 1. The number of ketones is 1. The van der Waals surface area contributed by atoms with E-state index in [1.54, 1.807) is 40.6 Å². The predicted octanol–water partition coefficient (Wildman–Crippen LogP) is 2.90. The van der Waals surface area contributed by atoms with Gasteiger partial charge in [0.25, 0.3) is 0 Å². The second-order valence-corrected chi connectivity index (χ2v) is 7.85. The van der Waals surface area contributed by atoms with Crippen molar-refractivity contribution < 1.29 is 9.59 Å². The smallest absolute Gasteiger partial charge is 0.249 e. The van der Waals surface area contributed by atoms with E-state index in [9.17, 15) is 9.59 Å². The summed E-state index contributed by atoms with van der Waals surface area (Å²) in [5, 5.41) is 6.11. The van der Waals surface area contributed by atoms with E-state index in [0.29, 0.717) is 11.1 Å². The zero-order valence-electron chi connectivity index (χ0n) is 14.5. The summed E-state index contributed by atoms with van der Waals surface area (Å²) in [6, 6.07) is 0. The van der Waals surface area contributed by atoms with Crippen molar-refractivity contribution in [2.24, 2.45) is 17.6 Å². The quantitative estimate of drug-likeness (QED) is 0.566. The van der Waals surface area contributed by atoms with E-state index in [0.717, 1.165) is 36.8 Å². The highest BCUT2D eigenvalue weighted by Gasteiger charge is 2.30. The third kappa shape index (κ3) is 2.82. The van der Waals surface area contributed by atoms with Crippen molar-refractivity contribution in [3.8, 4) is 0 Å². The summed E-state index contributed by atoms with van der Waals surface area (Å²) in [7, 11) is 0. The molecule has 0 saturated heterocycles. The van der Waals surface area contributed by atoms with Crippen LogP contribution in [0, 0.1) is 11.8 Å². The lowest BCUT2D eigenvalue weighted by Gasteiger charge is -2.21. The van der Waals surface area contributed by atoms with Crippen LogP contribution < -0.4 is 5.73 Å². The average Bonchev–Trinajstić information content (AvgIpc) is 3.18. The number of carbonyl (C=O) groups excluding carboxylic acids is 2. The monoisotopic (exact) mass is 368 g/mol. The Kier molecular flexibility index (Phi) is 4.32. The summed E-state index contributed by atoms with van der Waals surface area (Å²) in [6.45, 7) is 2.00. The Morgan fingerprint density at radius 3 is 3.00 bits per heavy atom. The Morgan fingerprint density at radius 2 is 2.19 bits per heavy atom. The molecule has 0 fully saturated rings. The Hall–Kier alpha value is -2.54. The van der Waals surface area contributed by atoms with Gasteiger partial charge in [-0.2, -0.15) is 5.10 Å². The Balaban J connectivity index is 1.60. The molecule has 0 aromatic carbocycles. The van der Waals surface area contributed by atoms with Crippen molar-refractivity contribution in [1.29, 1.82) is 0 Å². The van der Waals surface area contributed by atoms with E-state index in [4.69, 9.17) is 5.73 Å². The number of carbonyl (C=O) groups is 2. The van der Waals surface area contributed by atoms with Gasteiger partial charge in [-0.3, -0.25) is 14.6 Å². The highest BCUT2D eigenvalue weighted by atomic mass is 32.1. The van der Waals surface area contributed by atoms with Crippen LogP contribution in [0.1, 0.15) is 50.9 Å². The molecule has 0 saturated carbocycles. The number of thiophene rings is 1. The molecular weight excluding hydrogens is 348 g/mol. The van der Waals surface area contributed by atoms with Crippen LogP contribution in [0.3, 0.4) is 0 Å². The van der Waals surface area contributed by atoms with Crippen molar-refractivity contribution in [3.05, 3.63) is 51.7 Å². The maximum absolute atomic E-state index is 13.1. The van der Waals surface area contributed by atoms with Gasteiger partial charge in [0.15, 0.2) is 5.78 Å². The highest BCUT2D eigenvalue weighted by molar-refractivity contribution is 7.10. The number of primary amides is 1. The number of fused-ring (bicyclic) bond motifs is 2. The maximum atomic E-state index is 13.1. The average molecular weight is 368 g/mol. The zero-order chi connectivity index (χ0) is 18.3. The molecule has 3 aromatic rings. The van der Waals surface area contributed by atoms with Gasteiger partial charge in [-0.05, 0) is 37.2 Å². The maximum Gasteiger partial charge on any atom is 0.249 e. The molecule has 26 heavy (non-hydrogen) atoms. The largest absolute Gasteiger partial charge is 0.366 e. The van der Waals surface area contributed by atoms with Crippen molar-refractivity contribution in [2.45, 2.75) is 32.6 Å². The van der Waals surface area contributed by atoms with Crippen molar-refractivity contribution in [2.75, 3.05) is 0 Å². The van der Waals surface area contributed by atoms with E-state index in [-0.39, 0.29) is 23.5 Å². The molecule has 1 aliphatic rings. The molecule has 2 N–H and O–H groups in total. The second-order valence-electron chi connectivity index (χ2n) is 6.89. The first-order valence-corrected chi connectivity index (χ1v) is 9.65. The number of Topliss-reactive ketones (excluding diaryl/α,β-unsaturated/α-hetero) is 1. The first-order chi connectivity index (χ1) is 12.6. The molecule has 0 radical (unpaired) electrons. The number of nitrogens with two attached hydrogens (primary N) is 1. The summed E-state index contributed by atoms with van der Waals surface area (Å²) in [5.74, 6) is -0.125. The standard InChI is InChI=1S/C19H20N4O2S/c1-11(18(24)14-8-22-23-6-5-21-9-16(14)23)12-3-2-4-13-15(19(20)25)10-26-17(13)7-12/h5-6,8-12H,2-4,7H2,1H3,(H2,20,25). The second kappa shape index (κ2) is 6.64. The third-order valence-electron chi connectivity index (χ3n) is 5.41. The zero-order valence-corrected chi connectivity index (χ0v) is 15.3. The van der Waals surface area contributed by atoms with E-state index < -0.39 is 0 Å². The first kappa shape index (κ1) is 16.9.